The highest BCUT2D eigenvalue weighted by atomic mass is 32.2. The highest BCUT2D eigenvalue weighted by Crippen LogP contribution is 2.35. The Hall–Kier alpha value is -3.92. The third kappa shape index (κ3) is 4.05. The minimum atomic E-state index is -0.513. The molecule has 31 heavy (non-hydrogen) atoms. The van der Waals surface area contributed by atoms with E-state index in [-0.39, 0.29) is 23.7 Å². The van der Waals surface area contributed by atoms with Crippen LogP contribution in [0.3, 0.4) is 0 Å². The zero-order valence-electron chi connectivity index (χ0n) is 16.1. The summed E-state index contributed by atoms with van der Waals surface area (Å²) in [6, 6.07) is 13.1. The monoisotopic (exact) mass is 436 g/mol. The zero-order valence-corrected chi connectivity index (χ0v) is 16.9. The van der Waals surface area contributed by atoms with Crippen LogP contribution in [-0.2, 0) is 22.7 Å². The molecule has 1 aromatic heterocycles. The van der Waals surface area contributed by atoms with Crippen molar-refractivity contribution >= 4 is 51.5 Å². The molecule has 1 aliphatic heterocycles. The summed E-state index contributed by atoms with van der Waals surface area (Å²) in [6.07, 6.45) is 3.35. The molecular formula is C21H16N4O5S. The number of carbonyl (C=O) groups is 3. The molecule has 2 heterocycles. The normalized spacial score (nSPS) is 15.2. The fourth-order valence-corrected chi connectivity index (χ4v) is 4.20. The van der Waals surface area contributed by atoms with Crippen LogP contribution in [0.1, 0.15) is 11.1 Å². The Kier molecular flexibility index (Phi) is 5.30. The van der Waals surface area contributed by atoms with Gasteiger partial charge in [-0.1, -0.05) is 30.3 Å². The largest absolute Gasteiger partial charge is 0.368 e. The molecule has 2 N–H and O–H groups in total. The predicted molar refractivity (Wildman–Crippen MR) is 116 cm³/mol. The maximum Gasteiger partial charge on any atom is 0.293 e. The zero-order chi connectivity index (χ0) is 22.1. The standard InChI is InChI=1S/C21H16N4O5S/c22-19(26)12-23-11-14(16-3-1-2-4-17(16)23)9-18-20(27)24(21(28)31-18)10-13-5-7-15(8-6-13)25(29)30/h1-9,11H,10,12H2,(H2,22,26). The van der Waals surface area contributed by atoms with Gasteiger partial charge < -0.3 is 10.3 Å². The summed E-state index contributed by atoms with van der Waals surface area (Å²) in [6.45, 7) is 0.0133. The second-order valence-electron chi connectivity index (χ2n) is 6.89. The molecule has 2 aromatic carbocycles. The van der Waals surface area contributed by atoms with Crippen LogP contribution in [0.2, 0.25) is 0 Å². The van der Waals surface area contributed by atoms with E-state index in [0.717, 1.165) is 27.6 Å². The number of rotatable bonds is 6. The number of hydrogen-bond donors (Lipinski definition) is 1. The van der Waals surface area contributed by atoms with Crippen molar-refractivity contribution in [2.75, 3.05) is 0 Å². The number of fused-ring (bicyclic) bond motifs is 1. The predicted octanol–water partition coefficient (Wildman–Crippen LogP) is 3.27. The lowest BCUT2D eigenvalue weighted by atomic mass is 10.1. The smallest absolute Gasteiger partial charge is 0.293 e. The molecule has 0 bridgehead atoms. The van der Waals surface area contributed by atoms with Gasteiger partial charge in [0.05, 0.1) is 16.4 Å². The van der Waals surface area contributed by atoms with Crippen molar-refractivity contribution in [3.05, 3.63) is 80.9 Å². The van der Waals surface area contributed by atoms with Gasteiger partial charge in [0.2, 0.25) is 5.91 Å². The topological polar surface area (TPSA) is 129 Å². The van der Waals surface area contributed by atoms with Crippen molar-refractivity contribution in [1.82, 2.24) is 9.47 Å². The molecule has 3 amide bonds. The maximum absolute atomic E-state index is 12.8. The van der Waals surface area contributed by atoms with Crippen LogP contribution in [0.25, 0.3) is 17.0 Å². The van der Waals surface area contributed by atoms with Crippen molar-refractivity contribution in [3.63, 3.8) is 0 Å². The molecule has 1 aliphatic rings. The molecule has 0 radical (unpaired) electrons. The van der Waals surface area contributed by atoms with Crippen molar-refractivity contribution in [2.24, 2.45) is 5.73 Å². The first-order valence-corrected chi connectivity index (χ1v) is 10.00. The van der Waals surface area contributed by atoms with E-state index < -0.39 is 22.0 Å². The van der Waals surface area contributed by atoms with Gasteiger partial charge in [-0.2, -0.15) is 0 Å². The van der Waals surface area contributed by atoms with Crippen LogP contribution in [-0.4, -0.2) is 31.4 Å². The Morgan fingerprint density at radius 1 is 1.13 bits per heavy atom. The summed E-state index contributed by atoms with van der Waals surface area (Å²) in [5, 5.41) is 11.2. The van der Waals surface area contributed by atoms with Crippen LogP contribution in [0, 0.1) is 10.1 Å². The first-order chi connectivity index (χ1) is 14.8. The van der Waals surface area contributed by atoms with Crippen LogP contribution in [0.15, 0.2) is 59.6 Å². The number of para-hydroxylation sites is 1. The molecule has 1 fully saturated rings. The van der Waals surface area contributed by atoms with Gasteiger partial charge in [0.25, 0.3) is 16.8 Å². The lowest BCUT2D eigenvalue weighted by Gasteiger charge is -2.12. The molecule has 3 aromatic rings. The lowest BCUT2D eigenvalue weighted by molar-refractivity contribution is -0.384. The van der Waals surface area contributed by atoms with E-state index in [1.54, 1.807) is 16.8 Å². The van der Waals surface area contributed by atoms with Crippen molar-refractivity contribution in [2.45, 2.75) is 13.1 Å². The number of imide groups is 1. The quantitative estimate of drug-likeness (QED) is 0.359. The highest BCUT2D eigenvalue weighted by molar-refractivity contribution is 8.18. The van der Waals surface area contributed by atoms with E-state index in [1.807, 2.05) is 24.3 Å². The van der Waals surface area contributed by atoms with Crippen LogP contribution >= 0.6 is 11.8 Å². The molecule has 0 spiro atoms. The minimum Gasteiger partial charge on any atom is -0.368 e. The van der Waals surface area contributed by atoms with Gasteiger partial charge >= 0.3 is 0 Å². The number of nitro benzene ring substituents is 1. The Labute approximate surface area is 180 Å². The average Bonchev–Trinajstić information content (AvgIpc) is 3.20. The second-order valence-corrected chi connectivity index (χ2v) is 7.88. The van der Waals surface area contributed by atoms with Crippen LogP contribution < -0.4 is 5.73 Å². The number of primary amides is 1. The fourth-order valence-electron chi connectivity index (χ4n) is 3.37. The van der Waals surface area contributed by atoms with Gasteiger partial charge in [-0.15, -0.1) is 0 Å². The Bertz CT molecular complexity index is 1260. The summed E-state index contributed by atoms with van der Waals surface area (Å²) in [4.78, 5) is 48.3. The third-order valence-corrected chi connectivity index (χ3v) is 5.70. The number of non-ortho nitro benzene ring substituents is 1. The lowest BCUT2D eigenvalue weighted by Crippen LogP contribution is -2.27. The molecule has 1 saturated heterocycles. The second kappa shape index (κ2) is 8.07. The molecule has 156 valence electrons. The third-order valence-electron chi connectivity index (χ3n) is 4.79. The number of thioether (sulfide) groups is 1. The van der Waals surface area contributed by atoms with Gasteiger partial charge in [-0.25, -0.2) is 0 Å². The maximum atomic E-state index is 12.8. The van der Waals surface area contributed by atoms with Crippen molar-refractivity contribution in [1.29, 1.82) is 0 Å². The first-order valence-electron chi connectivity index (χ1n) is 9.18. The molecular weight excluding hydrogens is 420 g/mol. The summed E-state index contributed by atoms with van der Waals surface area (Å²) >= 11 is 0.825. The van der Waals surface area contributed by atoms with Gasteiger partial charge in [0, 0.05) is 34.8 Å². The first kappa shape index (κ1) is 20.4. The average molecular weight is 436 g/mol. The number of nitrogens with zero attached hydrogens (tertiary/aromatic N) is 3. The Morgan fingerprint density at radius 2 is 1.84 bits per heavy atom. The molecule has 0 saturated carbocycles. The summed E-state index contributed by atoms with van der Waals surface area (Å²) in [5.74, 6) is -0.934. The minimum absolute atomic E-state index is 0.00399. The number of carbonyl (C=O) groups excluding carboxylic acids is 3. The van der Waals surface area contributed by atoms with Crippen LogP contribution in [0.5, 0.6) is 0 Å². The molecule has 0 aliphatic carbocycles. The number of amides is 3. The van der Waals surface area contributed by atoms with E-state index >= 15 is 0 Å². The van der Waals surface area contributed by atoms with Gasteiger partial charge in [-0.05, 0) is 29.5 Å². The fraction of sp³-hybridized carbons (Fsp3) is 0.0952. The number of hydrogen-bond acceptors (Lipinski definition) is 6. The number of nitro groups is 1. The van der Waals surface area contributed by atoms with E-state index in [9.17, 15) is 24.5 Å². The number of benzene rings is 2. The number of nitrogens with two attached hydrogens (primary N) is 1. The van der Waals surface area contributed by atoms with Gasteiger partial charge in [-0.3, -0.25) is 29.4 Å². The van der Waals surface area contributed by atoms with Gasteiger partial charge in [0.15, 0.2) is 0 Å². The van der Waals surface area contributed by atoms with E-state index in [2.05, 4.69) is 0 Å². The number of aromatic nitrogens is 1. The SMILES string of the molecule is NC(=O)Cn1cc(C=C2SC(=O)N(Cc3ccc([N+](=O)[O-])cc3)C2=O)c2ccccc21. The Balaban J connectivity index is 1.61. The summed E-state index contributed by atoms with van der Waals surface area (Å²) < 4.78 is 1.70. The van der Waals surface area contributed by atoms with Crippen molar-refractivity contribution in [3.8, 4) is 0 Å². The summed E-state index contributed by atoms with van der Waals surface area (Å²) in [7, 11) is 0. The molecule has 0 atom stereocenters. The Morgan fingerprint density at radius 3 is 2.52 bits per heavy atom. The molecule has 0 unspecified atom stereocenters. The van der Waals surface area contributed by atoms with Crippen LogP contribution in [0.4, 0.5) is 10.5 Å². The van der Waals surface area contributed by atoms with Gasteiger partial charge in [0.1, 0.15) is 6.54 Å². The van der Waals surface area contributed by atoms with Crippen molar-refractivity contribution < 1.29 is 19.3 Å². The molecule has 9 nitrogen and oxygen atoms in total. The van der Waals surface area contributed by atoms with E-state index in [1.165, 1.54) is 24.3 Å². The summed E-state index contributed by atoms with van der Waals surface area (Å²) in [5.41, 5.74) is 7.34. The molecule has 10 heteroatoms. The highest BCUT2D eigenvalue weighted by Gasteiger charge is 2.35. The molecule has 4 rings (SSSR count). The van der Waals surface area contributed by atoms with E-state index in [0.29, 0.717) is 11.1 Å². The van der Waals surface area contributed by atoms with E-state index in [4.69, 9.17) is 5.73 Å².